The fraction of sp³-hybridized carbons (Fsp3) is 0.250. The fourth-order valence-corrected chi connectivity index (χ4v) is 15.2. The van der Waals surface area contributed by atoms with Crippen LogP contribution in [0.2, 0.25) is 5.02 Å². The van der Waals surface area contributed by atoms with Gasteiger partial charge in [-0.2, -0.15) is 15.3 Å². The van der Waals surface area contributed by atoms with E-state index in [2.05, 4.69) is 116 Å². The minimum Gasteiger partial charge on any atom is -0.494 e. The van der Waals surface area contributed by atoms with Gasteiger partial charge in [0.15, 0.2) is 17.4 Å². The van der Waals surface area contributed by atoms with Crippen LogP contribution in [0.15, 0.2) is 163 Å². The topological polar surface area (TPSA) is 268 Å². The second-order valence-electron chi connectivity index (χ2n) is 26.6. The van der Waals surface area contributed by atoms with Crippen LogP contribution in [0.3, 0.4) is 0 Å². The van der Waals surface area contributed by atoms with Crippen LogP contribution in [-0.4, -0.2) is 85.1 Å². The number of hydrogen-bond acceptors (Lipinski definition) is 13. The molecule has 0 amide bonds. The number of ether oxygens (including phenoxy) is 2. The summed E-state index contributed by atoms with van der Waals surface area (Å²) in [6, 6.07) is 41.8. The predicted octanol–water partition coefficient (Wildman–Crippen LogP) is 14.7. The zero-order valence-electron chi connectivity index (χ0n) is 55.2. The number of nitrogens with zero attached hydrogens (tertiary/aromatic N) is 8. The van der Waals surface area contributed by atoms with Crippen LogP contribution in [0.4, 0.5) is 13.2 Å². The van der Waals surface area contributed by atoms with E-state index < -0.39 is 17.1 Å². The van der Waals surface area contributed by atoms with E-state index in [1.54, 1.807) is 55.7 Å². The lowest BCUT2D eigenvalue weighted by atomic mass is 9.83. The second-order valence-corrected chi connectivity index (χ2v) is 27.0. The van der Waals surface area contributed by atoms with Crippen LogP contribution in [0, 0.1) is 41.6 Å². The van der Waals surface area contributed by atoms with E-state index in [9.17, 15) is 18.4 Å². The summed E-state index contributed by atoms with van der Waals surface area (Å²) in [5, 5.41) is 34.0. The number of rotatable bonds is 10. The molecule has 20 nitrogen and oxygen atoms in total. The number of nitriles is 1. The van der Waals surface area contributed by atoms with Gasteiger partial charge in [0.2, 0.25) is 5.89 Å². The molecule has 4 aliphatic rings. The maximum absolute atomic E-state index is 13.9. The number of aromatic nitrogens is 13. The van der Waals surface area contributed by atoms with Gasteiger partial charge >= 0.3 is 0 Å². The third-order valence-corrected chi connectivity index (χ3v) is 20.2. The van der Waals surface area contributed by atoms with Gasteiger partial charge in [0.25, 0.3) is 0 Å². The average molecular weight is 1360 g/mol. The molecule has 1 saturated heterocycles. The number of imidazole rings is 3. The molecule has 1 fully saturated rings. The van der Waals surface area contributed by atoms with E-state index in [1.165, 1.54) is 65.2 Å². The Kier molecular flexibility index (Phi) is 16.5. The summed E-state index contributed by atoms with van der Waals surface area (Å²) < 4.78 is 58.5. The van der Waals surface area contributed by atoms with Crippen molar-refractivity contribution >= 4 is 44.3 Å². The van der Waals surface area contributed by atoms with Gasteiger partial charge in [-0.1, -0.05) is 47.1 Å². The van der Waals surface area contributed by atoms with Crippen molar-refractivity contribution in [3.05, 3.63) is 255 Å². The molecule has 6 atom stereocenters. The van der Waals surface area contributed by atoms with Gasteiger partial charge in [0.05, 0.1) is 89.3 Å². The lowest BCUT2D eigenvalue weighted by Gasteiger charge is -2.38. The lowest BCUT2D eigenvalue weighted by molar-refractivity contribution is 0.0497. The Labute approximate surface area is 576 Å². The number of para-hydroxylation sites is 1. The van der Waals surface area contributed by atoms with Crippen LogP contribution in [-0.2, 0) is 42.1 Å². The van der Waals surface area contributed by atoms with Crippen LogP contribution in [0.5, 0.6) is 5.75 Å². The third-order valence-electron chi connectivity index (χ3n) is 20.0. The molecule has 18 rings (SSSR count). The molecule has 0 radical (unpaired) electrons. The largest absolute Gasteiger partial charge is 0.494 e. The highest BCUT2D eigenvalue weighted by Gasteiger charge is 2.45. The second kappa shape index (κ2) is 25.8. The first-order valence-electron chi connectivity index (χ1n) is 33.2. The Balaban J connectivity index is 0.000000117. The van der Waals surface area contributed by atoms with Gasteiger partial charge in [-0.25, -0.2) is 28.1 Å². The Morgan fingerprint density at radius 1 is 0.650 bits per heavy atom. The molecule has 0 aliphatic carbocycles. The van der Waals surface area contributed by atoms with Gasteiger partial charge in [-0.05, 0) is 170 Å². The highest BCUT2D eigenvalue weighted by atomic mass is 35.5. The zero-order chi connectivity index (χ0) is 68.6. The van der Waals surface area contributed by atoms with Crippen molar-refractivity contribution in [1.29, 1.82) is 5.26 Å². The minimum absolute atomic E-state index is 0.0562. The van der Waals surface area contributed by atoms with Gasteiger partial charge in [-0.15, -0.1) is 0 Å². The minimum atomic E-state index is -0.637. The molecule has 9 N–H and O–H groups in total. The molecular formula is C76H69ClF3N17O3. The summed E-state index contributed by atoms with van der Waals surface area (Å²) in [6.07, 6.45) is 11.5. The standard InChI is InChI=1S/C26H27FN4O2.C25H22ClFN6.C25H20FN7O/c1-32-23-12-16(6-7-19(23)27)22-14-28-26(31-22)21-13-18-17-4-2-3-5-20(17)29-25(18)24(30-21)15-8-10-33-11-9-15;1-25(24-28-13-21(30-24)14-3-6-16(27)7-4-14)12-18-17-8-5-15(26)11-20(17)29-22(18)23(31-25)19-9-10-33(2)32-19;1-13-29-23(33-34-13)22-21-17(20-15(11-27)4-3-5-18(20)30-21)10-25(2,32-22)24-28-12-19(31-24)14-6-8-16(26)9-7-14/h2-7,12,14-15,21,24,29-30H,8-11,13H2,1H3,(H,28,31);3-11,13,23,29,31H,12H2,1-2H3,(H,28,30);3-9,12,22,30,32H,10H2,1-2H3,(H,28,31)/t21-,24?;23?,25-;22?,25-/m111/s1. The average Bonchev–Trinajstić information content (AvgIpc) is 1.56. The van der Waals surface area contributed by atoms with Gasteiger partial charge in [-0.3, -0.25) is 20.6 Å². The number of fused-ring (bicyclic) bond motifs is 9. The lowest BCUT2D eigenvalue weighted by Crippen LogP contribution is -2.48. The summed E-state index contributed by atoms with van der Waals surface area (Å²) in [7, 11) is 3.39. The molecule has 12 heterocycles. The first kappa shape index (κ1) is 63.8. The zero-order valence-corrected chi connectivity index (χ0v) is 55.9. The van der Waals surface area contributed by atoms with Crippen LogP contribution < -0.4 is 20.7 Å². The Morgan fingerprint density at radius 2 is 1.28 bits per heavy atom. The van der Waals surface area contributed by atoms with Gasteiger partial charge in [0.1, 0.15) is 35.1 Å². The normalized spacial score (nSPS) is 20.4. The number of H-pyrrole nitrogens is 6. The van der Waals surface area contributed by atoms with Crippen LogP contribution >= 0.6 is 11.6 Å². The predicted molar refractivity (Wildman–Crippen MR) is 373 cm³/mol. The summed E-state index contributed by atoms with van der Waals surface area (Å²) in [4.78, 5) is 39.7. The molecular weight excluding hydrogens is 1290 g/mol. The number of benzene rings is 6. The van der Waals surface area contributed by atoms with Crippen molar-refractivity contribution < 1.29 is 27.2 Å². The summed E-state index contributed by atoms with van der Waals surface area (Å²) >= 11 is 6.27. The van der Waals surface area contributed by atoms with Crippen molar-refractivity contribution in [3.8, 4) is 45.6 Å². The van der Waals surface area contributed by atoms with Crippen molar-refractivity contribution in [2.45, 2.75) is 88.1 Å². The first-order chi connectivity index (χ1) is 48.5. The van der Waals surface area contributed by atoms with E-state index in [4.69, 9.17) is 35.6 Å². The monoisotopic (exact) mass is 1360 g/mol. The van der Waals surface area contributed by atoms with Crippen molar-refractivity contribution in [3.63, 3.8) is 0 Å². The third kappa shape index (κ3) is 11.9. The van der Waals surface area contributed by atoms with Crippen molar-refractivity contribution in [2.75, 3.05) is 20.3 Å². The molecule has 0 saturated carbocycles. The van der Waals surface area contributed by atoms with Crippen LogP contribution in [0.25, 0.3) is 66.5 Å². The first-order valence-corrected chi connectivity index (χ1v) is 33.6. The Bertz CT molecular complexity index is 5400. The quantitative estimate of drug-likeness (QED) is 0.0617. The summed E-state index contributed by atoms with van der Waals surface area (Å²) in [5.74, 6) is 3.20. The number of methoxy groups -OCH3 is 1. The van der Waals surface area contributed by atoms with Crippen molar-refractivity contribution in [2.24, 2.45) is 13.0 Å². The number of aromatic amines is 6. The Hall–Kier alpha value is -10.9. The fourth-order valence-electron chi connectivity index (χ4n) is 15.0. The molecule has 3 unspecified atom stereocenters. The molecule has 504 valence electrons. The summed E-state index contributed by atoms with van der Waals surface area (Å²) in [6.45, 7) is 7.56. The highest BCUT2D eigenvalue weighted by molar-refractivity contribution is 6.31. The number of hydrogen-bond donors (Lipinski definition) is 9. The SMILES string of the molecule is COc1cc(-c2cnc([C@H]3Cc4c([nH]c5ccccc45)C(C4CCOCC4)N3)[nH]2)ccc1F.Cc1nc(C2N[C@@](C)(c3ncc(-c4ccc(F)cc4)[nH]3)Cc3c2[nH]c2cccc(C#N)c32)no1.Cn1ccc(C2N[C@@](C)(c3ncc(-c4ccc(F)cc4)[nH]3)Cc3c2[nH]c2cc(Cl)ccc32)n1. The smallest absolute Gasteiger partial charge is 0.223 e. The Morgan fingerprint density at radius 3 is 1.96 bits per heavy atom. The van der Waals surface area contributed by atoms with E-state index in [1.807, 2.05) is 60.5 Å². The maximum Gasteiger partial charge on any atom is 0.223 e. The molecule has 0 bridgehead atoms. The van der Waals surface area contributed by atoms with E-state index in [0.29, 0.717) is 40.5 Å². The van der Waals surface area contributed by atoms with E-state index in [-0.39, 0.29) is 41.3 Å². The number of halogens is 4. The molecule has 0 spiro atoms. The molecule has 4 aliphatic heterocycles. The number of nitrogens with one attached hydrogen (secondary N) is 9. The molecule has 8 aromatic heterocycles. The van der Waals surface area contributed by atoms with Gasteiger partial charge in [0, 0.05) is 107 Å². The van der Waals surface area contributed by atoms with Gasteiger partial charge < -0.3 is 43.9 Å². The van der Waals surface area contributed by atoms with Crippen molar-refractivity contribution in [1.82, 2.24) is 80.7 Å². The highest BCUT2D eigenvalue weighted by Crippen LogP contribution is 2.46. The molecule has 24 heteroatoms. The van der Waals surface area contributed by atoms with E-state index >= 15 is 0 Å². The molecule has 14 aromatic rings. The maximum atomic E-state index is 13.9. The molecule has 100 heavy (non-hydrogen) atoms. The van der Waals surface area contributed by atoms with E-state index in [0.717, 1.165) is 129 Å². The number of aryl methyl sites for hydroxylation is 2. The summed E-state index contributed by atoms with van der Waals surface area (Å²) in [5.41, 5.74) is 15.4. The van der Waals surface area contributed by atoms with Crippen LogP contribution in [0.1, 0.15) is 125 Å². The molecule has 6 aromatic carbocycles.